The molecule has 0 saturated heterocycles. The highest BCUT2D eigenvalue weighted by atomic mass is 14.1. The summed E-state index contributed by atoms with van der Waals surface area (Å²) >= 11 is 0. The predicted molar refractivity (Wildman–Crippen MR) is 88.1 cm³/mol. The van der Waals surface area contributed by atoms with E-state index in [-0.39, 0.29) is 0 Å². The van der Waals surface area contributed by atoms with Crippen molar-refractivity contribution in [3.8, 4) is 0 Å². The first-order chi connectivity index (χ1) is 8.91. The fraction of sp³-hybridized carbons (Fsp3) is 0.158. The van der Waals surface area contributed by atoms with Gasteiger partial charge in [0.15, 0.2) is 0 Å². The molecule has 0 radical (unpaired) electrons. The molecule has 0 amide bonds. The van der Waals surface area contributed by atoms with Crippen molar-refractivity contribution in [1.29, 1.82) is 0 Å². The SMILES string of the molecule is C=C(C)c1ccc2c(C(=C)C)ccc(C(=C)C)c2c1. The minimum absolute atomic E-state index is 1.08. The Kier molecular flexibility index (Phi) is 3.44. The quantitative estimate of drug-likeness (QED) is 0.630. The topological polar surface area (TPSA) is 0 Å². The Hall–Kier alpha value is -2.08. The van der Waals surface area contributed by atoms with Gasteiger partial charge in [-0.25, -0.2) is 0 Å². The maximum atomic E-state index is 4.08. The fourth-order valence-corrected chi connectivity index (χ4v) is 2.36. The van der Waals surface area contributed by atoms with E-state index in [9.17, 15) is 0 Å². The van der Waals surface area contributed by atoms with Crippen LogP contribution in [0.4, 0.5) is 0 Å². The van der Waals surface area contributed by atoms with E-state index in [1.54, 1.807) is 0 Å². The average molecular weight is 248 g/mol. The van der Waals surface area contributed by atoms with Gasteiger partial charge in [0.2, 0.25) is 0 Å². The summed E-state index contributed by atoms with van der Waals surface area (Å²) in [5, 5.41) is 2.46. The number of benzene rings is 2. The normalized spacial score (nSPS) is 10.5. The third-order valence-electron chi connectivity index (χ3n) is 3.43. The van der Waals surface area contributed by atoms with Crippen molar-refractivity contribution in [2.45, 2.75) is 20.8 Å². The molecule has 0 aliphatic rings. The monoisotopic (exact) mass is 248 g/mol. The van der Waals surface area contributed by atoms with Gasteiger partial charge in [-0.05, 0) is 54.3 Å². The predicted octanol–water partition coefficient (Wildman–Crippen LogP) is 5.94. The van der Waals surface area contributed by atoms with E-state index in [2.05, 4.69) is 50.1 Å². The van der Waals surface area contributed by atoms with E-state index in [0.29, 0.717) is 0 Å². The molecule has 0 spiro atoms. The summed E-state index contributed by atoms with van der Waals surface area (Å²) in [4.78, 5) is 0. The molecule has 0 aliphatic carbocycles. The Morgan fingerprint density at radius 2 is 1.21 bits per heavy atom. The Morgan fingerprint density at radius 3 is 1.68 bits per heavy atom. The van der Waals surface area contributed by atoms with Crippen molar-refractivity contribution in [3.63, 3.8) is 0 Å². The van der Waals surface area contributed by atoms with Gasteiger partial charge >= 0.3 is 0 Å². The van der Waals surface area contributed by atoms with Crippen molar-refractivity contribution in [2.75, 3.05) is 0 Å². The second kappa shape index (κ2) is 4.89. The highest BCUT2D eigenvalue weighted by molar-refractivity contribution is 6.00. The highest BCUT2D eigenvalue weighted by Gasteiger charge is 2.08. The number of allylic oxidation sites excluding steroid dienone is 3. The Morgan fingerprint density at radius 1 is 0.684 bits per heavy atom. The Bertz CT molecular complexity index is 699. The molecule has 0 saturated carbocycles. The first kappa shape index (κ1) is 13.4. The van der Waals surface area contributed by atoms with Gasteiger partial charge in [-0.3, -0.25) is 0 Å². The molecule has 0 aromatic heterocycles. The lowest BCUT2D eigenvalue weighted by Crippen LogP contribution is -1.90. The molecule has 0 heteroatoms. The molecule has 0 bridgehead atoms. The maximum absolute atomic E-state index is 4.08. The summed E-state index contributed by atoms with van der Waals surface area (Å²) in [6.07, 6.45) is 0. The third kappa shape index (κ3) is 2.39. The summed E-state index contributed by atoms with van der Waals surface area (Å²) in [7, 11) is 0. The van der Waals surface area contributed by atoms with Crippen LogP contribution >= 0.6 is 0 Å². The van der Waals surface area contributed by atoms with Gasteiger partial charge in [-0.15, -0.1) is 0 Å². The molecule has 2 aromatic rings. The molecular formula is C19H20. The summed E-state index contributed by atoms with van der Waals surface area (Å²) < 4.78 is 0. The lowest BCUT2D eigenvalue weighted by atomic mass is 9.91. The molecular weight excluding hydrogens is 228 g/mol. The van der Waals surface area contributed by atoms with Gasteiger partial charge in [0.1, 0.15) is 0 Å². The molecule has 0 heterocycles. The molecule has 0 atom stereocenters. The van der Waals surface area contributed by atoms with Gasteiger partial charge in [0.25, 0.3) is 0 Å². The standard InChI is InChI=1S/C19H20/c1-12(2)15-7-8-18-16(13(3)4)9-10-17(14(5)6)19(18)11-15/h7-11H,1,3,5H2,2,4,6H3. The van der Waals surface area contributed by atoms with Crippen molar-refractivity contribution < 1.29 is 0 Å². The van der Waals surface area contributed by atoms with Crippen LogP contribution in [-0.2, 0) is 0 Å². The van der Waals surface area contributed by atoms with Gasteiger partial charge in [0.05, 0.1) is 0 Å². The van der Waals surface area contributed by atoms with Crippen LogP contribution in [0.15, 0.2) is 50.1 Å². The summed E-state index contributed by atoms with van der Waals surface area (Å²) in [6, 6.07) is 10.8. The van der Waals surface area contributed by atoms with Crippen LogP contribution in [0, 0.1) is 0 Å². The van der Waals surface area contributed by atoms with Crippen molar-refractivity contribution >= 4 is 27.5 Å². The molecule has 96 valence electrons. The fourth-order valence-electron chi connectivity index (χ4n) is 2.36. The van der Waals surface area contributed by atoms with E-state index in [0.717, 1.165) is 16.7 Å². The second-order valence-corrected chi connectivity index (χ2v) is 5.26. The zero-order chi connectivity index (χ0) is 14.2. The Balaban J connectivity index is 2.88. The van der Waals surface area contributed by atoms with Crippen LogP contribution in [0.3, 0.4) is 0 Å². The molecule has 0 nitrogen and oxygen atoms in total. The molecule has 0 N–H and O–H groups in total. The minimum atomic E-state index is 1.08. The maximum Gasteiger partial charge on any atom is -0.00968 e. The number of hydrogen-bond acceptors (Lipinski definition) is 0. The summed E-state index contributed by atoms with van der Waals surface area (Å²) in [6.45, 7) is 18.3. The van der Waals surface area contributed by atoms with Crippen molar-refractivity contribution in [2.24, 2.45) is 0 Å². The van der Waals surface area contributed by atoms with E-state index in [1.807, 2.05) is 20.8 Å². The van der Waals surface area contributed by atoms with Crippen molar-refractivity contribution in [1.82, 2.24) is 0 Å². The molecule has 0 aliphatic heterocycles. The first-order valence-electron chi connectivity index (χ1n) is 6.46. The largest absolute Gasteiger partial charge is 0.0955 e. The van der Waals surface area contributed by atoms with Crippen LogP contribution in [0.5, 0.6) is 0 Å². The smallest absolute Gasteiger partial charge is 0.00968 e. The number of hydrogen-bond donors (Lipinski definition) is 0. The van der Waals surface area contributed by atoms with E-state index >= 15 is 0 Å². The van der Waals surface area contributed by atoms with Crippen LogP contribution in [0.25, 0.3) is 27.5 Å². The molecule has 2 aromatic carbocycles. The van der Waals surface area contributed by atoms with Gasteiger partial charge in [0, 0.05) is 0 Å². The average Bonchev–Trinajstić information content (AvgIpc) is 2.36. The van der Waals surface area contributed by atoms with Gasteiger partial charge < -0.3 is 0 Å². The molecule has 0 unspecified atom stereocenters. The van der Waals surface area contributed by atoms with Crippen molar-refractivity contribution in [3.05, 3.63) is 66.8 Å². The number of rotatable bonds is 3. The zero-order valence-electron chi connectivity index (χ0n) is 12.0. The summed E-state index contributed by atoms with van der Waals surface area (Å²) in [5.74, 6) is 0. The van der Waals surface area contributed by atoms with Crippen LogP contribution in [0.1, 0.15) is 37.5 Å². The molecule has 19 heavy (non-hydrogen) atoms. The zero-order valence-corrected chi connectivity index (χ0v) is 12.0. The van der Waals surface area contributed by atoms with E-state index in [4.69, 9.17) is 0 Å². The van der Waals surface area contributed by atoms with Crippen LogP contribution in [0.2, 0.25) is 0 Å². The van der Waals surface area contributed by atoms with Gasteiger partial charge in [-0.2, -0.15) is 0 Å². The summed E-state index contributed by atoms with van der Waals surface area (Å²) in [5.41, 5.74) is 6.82. The Labute approximate surface area is 115 Å². The van der Waals surface area contributed by atoms with E-state index < -0.39 is 0 Å². The van der Waals surface area contributed by atoms with Gasteiger partial charge in [-0.1, -0.05) is 60.7 Å². The third-order valence-corrected chi connectivity index (χ3v) is 3.43. The lowest BCUT2D eigenvalue weighted by Gasteiger charge is -2.13. The molecule has 2 rings (SSSR count). The molecule has 0 fully saturated rings. The second-order valence-electron chi connectivity index (χ2n) is 5.26. The highest BCUT2D eigenvalue weighted by Crippen LogP contribution is 2.32. The lowest BCUT2D eigenvalue weighted by molar-refractivity contribution is 1.56. The van der Waals surface area contributed by atoms with Crippen LogP contribution in [-0.4, -0.2) is 0 Å². The van der Waals surface area contributed by atoms with E-state index in [1.165, 1.54) is 27.5 Å². The minimum Gasteiger partial charge on any atom is -0.0955 e. The first-order valence-corrected chi connectivity index (χ1v) is 6.46. The van der Waals surface area contributed by atoms with Crippen LogP contribution < -0.4 is 0 Å². The number of fused-ring (bicyclic) bond motifs is 1.